The van der Waals surface area contributed by atoms with Gasteiger partial charge in [-0.25, -0.2) is 9.97 Å². The van der Waals surface area contributed by atoms with Crippen LogP contribution in [0.5, 0.6) is 0 Å². The molecule has 0 aliphatic carbocycles. The summed E-state index contributed by atoms with van der Waals surface area (Å²) in [6, 6.07) is 7.22. The normalized spacial score (nSPS) is 17.5. The van der Waals surface area contributed by atoms with E-state index < -0.39 is 0 Å². The second-order valence-corrected chi connectivity index (χ2v) is 5.93. The van der Waals surface area contributed by atoms with Gasteiger partial charge in [0, 0.05) is 30.0 Å². The van der Waals surface area contributed by atoms with Crippen molar-refractivity contribution in [3.63, 3.8) is 0 Å². The molecule has 0 N–H and O–H groups in total. The second-order valence-electron chi connectivity index (χ2n) is 5.50. The van der Waals surface area contributed by atoms with Gasteiger partial charge in [-0.1, -0.05) is 11.6 Å². The molecule has 23 heavy (non-hydrogen) atoms. The average molecular weight is 331 g/mol. The molecule has 2 aliphatic rings. The zero-order valence-corrected chi connectivity index (χ0v) is 13.2. The lowest BCUT2D eigenvalue weighted by Gasteiger charge is -2.26. The van der Waals surface area contributed by atoms with Gasteiger partial charge in [-0.3, -0.25) is 4.79 Å². The quantitative estimate of drug-likeness (QED) is 0.844. The maximum absolute atomic E-state index is 12.5. The van der Waals surface area contributed by atoms with Crippen molar-refractivity contribution < 1.29 is 9.53 Å². The average Bonchev–Trinajstić information content (AvgIpc) is 2.93. The topological polar surface area (TPSA) is 58.6 Å². The van der Waals surface area contributed by atoms with Gasteiger partial charge < -0.3 is 14.5 Å². The van der Waals surface area contributed by atoms with E-state index in [0.29, 0.717) is 36.3 Å². The Morgan fingerprint density at radius 2 is 1.87 bits per heavy atom. The SMILES string of the molecule is O=C1c2cnc(N3CCOCC3)nc2CN1c1ccc(Cl)cc1. The van der Waals surface area contributed by atoms with Crippen molar-refractivity contribution in [1.29, 1.82) is 0 Å². The van der Waals surface area contributed by atoms with Crippen molar-refractivity contribution in [2.75, 3.05) is 36.1 Å². The summed E-state index contributed by atoms with van der Waals surface area (Å²) >= 11 is 5.91. The number of fused-ring (bicyclic) bond motifs is 1. The van der Waals surface area contributed by atoms with Gasteiger partial charge >= 0.3 is 0 Å². The molecule has 3 heterocycles. The summed E-state index contributed by atoms with van der Waals surface area (Å²) in [7, 11) is 0. The Morgan fingerprint density at radius 1 is 1.13 bits per heavy atom. The predicted molar refractivity (Wildman–Crippen MR) is 87.0 cm³/mol. The van der Waals surface area contributed by atoms with Gasteiger partial charge in [0.1, 0.15) is 0 Å². The van der Waals surface area contributed by atoms with E-state index in [1.54, 1.807) is 23.2 Å². The first-order valence-corrected chi connectivity index (χ1v) is 7.86. The van der Waals surface area contributed by atoms with E-state index in [1.165, 1.54) is 0 Å². The molecule has 1 saturated heterocycles. The molecule has 2 aliphatic heterocycles. The predicted octanol–water partition coefficient (Wildman–Crippen LogP) is 2.13. The van der Waals surface area contributed by atoms with Gasteiger partial charge in [0.25, 0.3) is 5.91 Å². The van der Waals surface area contributed by atoms with Crippen molar-refractivity contribution >= 4 is 29.1 Å². The van der Waals surface area contributed by atoms with Crippen LogP contribution in [0.4, 0.5) is 11.6 Å². The van der Waals surface area contributed by atoms with Crippen molar-refractivity contribution in [2.45, 2.75) is 6.54 Å². The minimum atomic E-state index is -0.0733. The van der Waals surface area contributed by atoms with Crippen LogP contribution in [0.3, 0.4) is 0 Å². The Morgan fingerprint density at radius 3 is 2.61 bits per heavy atom. The van der Waals surface area contributed by atoms with Crippen LogP contribution < -0.4 is 9.80 Å². The molecule has 0 bridgehead atoms. The van der Waals surface area contributed by atoms with E-state index in [2.05, 4.69) is 14.9 Å². The van der Waals surface area contributed by atoms with Crippen LogP contribution >= 0.6 is 11.6 Å². The highest BCUT2D eigenvalue weighted by Crippen LogP contribution is 2.28. The van der Waals surface area contributed by atoms with Gasteiger partial charge in [-0.15, -0.1) is 0 Å². The van der Waals surface area contributed by atoms with Gasteiger partial charge in [0.05, 0.1) is 31.0 Å². The smallest absolute Gasteiger partial charge is 0.262 e. The summed E-state index contributed by atoms with van der Waals surface area (Å²) in [6.07, 6.45) is 1.63. The minimum absolute atomic E-state index is 0.0733. The summed E-state index contributed by atoms with van der Waals surface area (Å²) in [4.78, 5) is 25.3. The van der Waals surface area contributed by atoms with Crippen molar-refractivity contribution in [3.05, 3.63) is 46.7 Å². The lowest BCUT2D eigenvalue weighted by Crippen LogP contribution is -2.37. The number of aromatic nitrogens is 2. The number of hydrogen-bond donors (Lipinski definition) is 0. The molecule has 0 spiro atoms. The first-order valence-electron chi connectivity index (χ1n) is 7.48. The van der Waals surface area contributed by atoms with E-state index >= 15 is 0 Å². The number of anilines is 2. The molecule has 0 unspecified atom stereocenters. The van der Waals surface area contributed by atoms with Crippen LogP contribution in [0.2, 0.25) is 5.02 Å². The van der Waals surface area contributed by atoms with Crippen LogP contribution in [0.15, 0.2) is 30.5 Å². The first-order chi connectivity index (χ1) is 11.2. The lowest BCUT2D eigenvalue weighted by molar-refractivity contribution is 0.0996. The number of carbonyl (C=O) groups is 1. The zero-order valence-electron chi connectivity index (χ0n) is 12.4. The number of carbonyl (C=O) groups excluding carboxylic acids is 1. The monoisotopic (exact) mass is 330 g/mol. The van der Waals surface area contributed by atoms with E-state index in [9.17, 15) is 4.79 Å². The highest BCUT2D eigenvalue weighted by atomic mass is 35.5. The van der Waals surface area contributed by atoms with Crippen LogP contribution in [0.1, 0.15) is 16.1 Å². The zero-order chi connectivity index (χ0) is 15.8. The number of nitrogens with zero attached hydrogens (tertiary/aromatic N) is 4. The van der Waals surface area contributed by atoms with Crippen LogP contribution in [-0.2, 0) is 11.3 Å². The van der Waals surface area contributed by atoms with Gasteiger partial charge in [0.15, 0.2) is 0 Å². The van der Waals surface area contributed by atoms with E-state index in [1.807, 2.05) is 12.1 Å². The third-order valence-electron chi connectivity index (χ3n) is 4.07. The van der Waals surface area contributed by atoms with Crippen LogP contribution in [0.25, 0.3) is 0 Å². The third-order valence-corrected chi connectivity index (χ3v) is 4.32. The number of halogens is 1. The first kappa shape index (κ1) is 14.4. The Kier molecular flexibility index (Phi) is 3.63. The van der Waals surface area contributed by atoms with E-state index in [4.69, 9.17) is 16.3 Å². The molecule has 118 valence electrons. The number of amides is 1. The molecular formula is C16H15ClN4O2. The Balaban J connectivity index is 1.61. The van der Waals surface area contributed by atoms with Crippen LogP contribution in [0, 0.1) is 0 Å². The molecular weight excluding hydrogens is 316 g/mol. The Hall–Kier alpha value is -2.18. The molecule has 2 aromatic rings. The molecule has 6 nitrogen and oxygen atoms in total. The number of rotatable bonds is 2. The van der Waals surface area contributed by atoms with Gasteiger partial charge in [-0.2, -0.15) is 0 Å². The fourth-order valence-corrected chi connectivity index (χ4v) is 2.94. The van der Waals surface area contributed by atoms with Gasteiger partial charge in [0.2, 0.25) is 5.95 Å². The number of ether oxygens (including phenoxy) is 1. The fraction of sp³-hybridized carbons (Fsp3) is 0.312. The molecule has 0 radical (unpaired) electrons. The summed E-state index contributed by atoms with van der Waals surface area (Å²) < 4.78 is 5.35. The van der Waals surface area contributed by atoms with Crippen molar-refractivity contribution in [1.82, 2.24) is 9.97 Å². The molecule has 1 aromatic heterocycles. The number of hydrogen-bond acceptors (Lipinski definition) is 5. The highest BCUT2D eigenvalue weighted by Gasteiger charge is 2.31. The fourth-order valence-electron chi connectivity index (χ4n) is 2.82. The van der Waals surface area contributed by atoms with Crippen molar-refractivity contribution in [3.8, 4) is 0 Å². The maximum Gasteiger partial charge on any atom is 0.262 e. The molecule has 7 heteroatoms. The number of morpholine rings is 1. The Bertz CT molecular complexity index is 744. The molecule has 0 atom stereocenters. The highest BCUT2D eigenvalue weighted by molar-refractivity contribution is 6.30. The van der Waals surface area contributed by atoms with Crippen molar-refractivity contribution in [2.24, 2.45) is 0 Å². The maximum atomic E-state index is 12.5. The second kappa shape index (κ2) is 5.79. The Labute approximate surface area is 138 Å². The lowest BCUT2D eigenvalue weighted by atomic mass is 10.2. The summed E-state index contributed by atoms with van der Waals surface area (Å²) in [5.74, 6) is 0.591. The summed E-state index contributed by atoms with van der Waals surface area (Å²) in [5, 5.41) is 0.646. The largest absolute Gasteiger partial charge is 0.378 e. The summed E-state index contributed by atoms with van der Waals surface area (Å²) in [6.45, 7) is 3.35. The number of benzene rings is 1. The molecule has 1 aromatic carbocycles. The minimum Gasteiger partial charge on any atom is -0.378 e. The summed E-state index contributed by atoms with van der Waals surface area (Å²) in [5.41, 5.74) is 2.14. The van der Waals surface area contributed by atoms with E-state index in [-0.39, 0.29) is 5.91 Å². The van der Waals surface area contributed by atoms with Gasteiger partial charge in [-0.05, 0) is 24.3 Å². The molecule has 0 saturated carbocycles. The molecule has 1 fully saturated rings. The molecule has 4 rings (SSSR count). The third kappa shape index (κ3) is 2.64. The molecule has 1 amide bonds. The van der Waals surface area contributed by atoms with Crippen LogP contribution in [-0.4, -0.2) is 42.2 Å². The van der Waals surface area contributed by atoms with E-state index in [0.717, 1.165) is 24.5 Å². The standard InChI is InChI=1S/C16H15ClN4O2/c17-11-1-3-12(4-2-11)21-10-14-13(15(21)22)9-18-16(19-14)20-5-7-23-8-6-20/h1-4,9H,5-8,10H2.